The minimum Gasteiger partial charge on any atom is -0.360 e. The Kier molecular flexibility index (Phi) is 4.31. The van der Waals surface area contributed by atoms with Gasteiger partial charge in [0.25, 0.3) is 10.0 Å². The Morgan fingerprint density at radius 3 is 2.95 bits per heavy atom. The van der Waals surface area contributed by atoms with Crippen LogP contribution in [-0.4, -0.2) is 24.3 Å². The molecular weight excluding hydrogens is 365 g/mol. The molecular formula is C13H11Cl2N3O2S2. The fourth-order valence-electron chi connectivity index (χ4n) is 2.03. The van der Waals surface area contributed by atoms with E-state index in [0.717, 1.165) is 4.88 Å². The third-order valence-electron chi connectivity index (χ3n) is 3.01. The third-order valence-corrected chi connectivity index (χ3v) is 5.92. The third kappa shape index (κ3) is 3.08. The predicted octanol–water partition coefficient (Wildman–Crippen LogP) is 3.86. The van der Waals surface area contributed by atoms with Gasteiger partial charge in [0.15, 0.2) is 5.13 Å². The normalized spacial score (nSPS) is 11.9. The second-order valence-electron chi connectivity index (χ2n) is 4.52. The van der Waals surface area contributed by atoms with E-state index in [4.69, 9.17) is 23.2 Å². The number of anilines is 1. The minimum absolute atomic E-state index is 0.160. The van der Waals surface area contributed by atoms with Crippen LogP contribution in [0.25, 0.3) is 10.9 Å². The van der Waals surface area contributed by atoms with Gasteiger partial charge in [0, 0.05) is 39.1 Å². The number of halogens is 2. The lowest BCUT2D eigenvalue weighted by atomic mass is 10.2. The number of hydrogen-bond acceptors (Lipinski definition) is 4. The van der Waals surface area contributed by atoms with E-state index in [-0.39, 0.29) is 4.90 Å². The molecule has 0 bridgehead atoms. The Hall–Kier alpha value is -1.28. The van der Waals surface area contributed by atoms with Crippen molar-refractivity contribution in [3.05, 3.63) is 40.5 Å². The number of aromatic nitrogens is 2. The smallest absolute Gasteiger partial charge is 0.265 e. The Labute approximate surface area is 141 Å². The molecule has 0 aliphatic carbocycles. The summed E-state index contributed by atoms with van der Waals surface area (Å²) in [6, 6.07) is 5.00. The van der Waals surface area contributed by atoms with Crippen molar-refractivity contribution in [1.82, 2.24) is 9.97 Å². The van der Waals surface area contributed by atoms with Gasteiger partial charge in [0.05, 0.1) is 0 Å². The Morgan fingerprint density at radius 2 is 2.18 bits per heavy atom. The Morgan fingerprint density at radius 1 is 1.36 bits per heavy atom. The van der Waals surface area contributed by atoms with Gasteiger partial charge in [-0.15, -0.1) is 22.9 Å². The van der Waals surface area contributed by atoms with Gasteiger partial charge in [-0.1, -0.05) is 11.6 Å². The second-order valence-corrected chi connectivity index (χ2v) is 8.10. The van der Waals surface area contributed by atoms with Gasteiger partial charge in [0.1, 0.15) is 4.90 Å². The molecule has 0 aliphatic heterocycles. The van der Waals surface area contributed by atoms with E-state index >= 15 is 0 Å². The SMILES string of the molecule is O=S(=O)(Nc1ncc(CCCl)s1)c1c[nH]c2cc(Cl)ccc12. The molecule has 0 aliphatic rings. The number of alkyl halides is 1. The summed E-state index contributed by atoms with van der Waals surface area (Å²) in [6.07, 6.45) is 3.73. The number of aromatic amines is 1. The minimum atomic E-state index is -3.72. The van der Waals surface area contributed by atoms with E-state index in [9.17, 15) is 8.42 Å². The molecule has 0 amide bonds. The highest BCUT2D eigenvalue weighted by Crippen LogP contribution is 2.28. The van der Waals surface area contributed by atoms with Crippen molar-refractivity contribution in [2.45, 2.75) is 11.3 Å². The Bertz CT molecular complexity index is 918. The topological polar surface area (TPSA) is 74.8 Å². The lowest BCUT2D eigenvalue weighted by molar-refractivity contribution is 0.602. The Balaban J connectivity index is 1.93. The zero-order valence-corrected chi connectivity index (χ0v) is 14.3. The van der Waals surface area contributed by atoms with E-state index in [1.807, 2.05) is 0 Å². The predicted molar refractivity (Wildman–Crippen MR) is 90.7 cm³/mol. The summed E-state index contributed by atoms with van der Waals surface area (Å²) in [5.41, 5.74) is 0.662. The molecule has 0 atom stereocenters. The van der Waals surface area contributed by atoms with E-state index in [2.05, 4.69) is 14.7 Å². The molecule has 0 saturated carbocycles. The first kappa shape index (κ1) is 15.6. The highest BCUT2D eigenvalue weighted by Gasteiger charge is 2.20. The zero-order chi connectivity index (χ0) is 15.7. The fourth-order valence-corrected chi connectivity index (χ4v) is 4.75. The van der Waals surface area contributed by atoms with Crippen molar-refractivity contribution in [1.29, 1.82) is 0 Å². The summed E-state index contributed by atoms with van der Waals surface area (Å²) in [6.45, 7) is 0. The average Bonchev–Trinajstić information content (AvgIpc) is 3.05. The molecule has 116 valence electrons. The lowest BCUT2D eigenvalue weighted by Crippen LogP contribution is -2.12. The van der Waals surface area contributed by atoms with Gasteiger partial charge < -0.3 is 4.98 Å². The fraction of sp³-hybridized carbons (Fsp3) is 0.154. The monoisotopic (exact) mass is 375 g/mol. The second kappa shape index (κ2) is 6.08. The number of benzene rings is 1. The summed E-state index contributed by atoms with van der Waals surface area (Å²) in [4.78, 5) is 8.06. The number of sulfonamides is 1. The van der Waals surface area contributed by atoms with Gasteiger partial charge >= 0.3 is 0 Å². The van der Waals surface area contributed by atoms with Crippen molar-refractivity contribution < 1.29 is 8.42 Å². The zero-order valence-electron chi connectivity index (χ0n) is 11.1. The maximum absolute atomic E-state index is 12.5. The number of hydrogen-bond donors (Lipinski definition) is 2. The molecule has 0 unspecified atom stereocenters. The van der Waals surface area contributed by atoms with Crippen LogP contribution < -0.4 is 4.72 Å². The van der Waals surface area contributed by atoms with Gasteiger partial charge in [-0.3, -0.25) is 4.72 Å². The van der Waals surface area contributed by atoms with Crippen LogP contribution >= 0.6 is 34.5 Å². The van der Waals surface area contributed by atoms with Crippen molar-refractivity contribution in [2.75, 3.05) is 10.6 Å². The van der Waals surface area contributed by atoms with Crippen LogP contribution in [0.5, 0.6) is 0 Å². The maximum Gasteiger partial charge on any atom is 0.265 e. The number of nitrogens with one attached hydrogen (secondary N) is 2. The number of thiazole rings is 1. The van der Waals surface area contributed by atoms with Gasteiger partial charge in [0.2, 0.25) is 0 Å². The molecule has 2 N–H and O–H groups in total. The summed E-state index contributed by atoms with van der Waals surface area (Å²) in [7, 11) is -3.72. The molecule has 9 heteroatoms. The van der Waals surface area contributed by atoms with Gasteiger partial charge in [-0.25, -0.2) is 13.4 Å². The number of aryl methyl sites for hydroxylation is 1. The largest absolute Gasteiger partial charge is 0.360 e. The molecule has 0 radical (unpaired) electrons. The van der Waals surface area contributed by atoms with Crippen LogP contribution in [0.4, 0.5) is 5.13 Å². The highest BCUT2D eigenvalue weighted by molar-refractivity contribution is 7.93. The van der Waals surface area contributed by atoms with Crippen LogP contribution in [0, 0.1) is 0 Å². The van der Waals surface area contributed by atoms with E-state index in [1.165, 1.54) is 17.5 Å². The average molecular weight is 376 g/mol. The standard InChI is InChI=1S/C13H11Cl2N3O2S2/c14-4-3-9-6-17-13(21-9)18-22(19,20)12-7-16-11-5-8(15)1-2-10(11)12/h1-2,5-7,16H,3-4H2,(H,17,18). The molecule has 5 nitrogen and oxygen atoms in total. The molecule has 2 aromatic heterocycles. The first-order valence-corrected chi connectivity index (χ1v) is 9.51. The van der Waals surface area contributed by atoms with Crippen molar-refractivity contribution in [3.8, 4) is 0 Å². The summed E-state index contributed by atoms with van der Waals surface area (Å²) in [5, 5.41) is 1.44. The number of H-pyrrole nitrogens is 1. The van der Waals surface area contributed by atoms with Crippen LogP contribution in [0.15, 0.2) is 35.5 Å². The van der Waals surface area contributed by atoms with E-state index in [0.29, 0.717) is 33.4 Å². The number of fused-ring (bicyclic) bond motifs is 1. The first-order chi connectivity index (χ1) is 10.5. The quantitative estimate of drug-likeness (QED) is 0.664. The van der Waals surface area contributed by atoms with Gasteiger partial charge in [-0.2, -0.15) is 0 Å². The number of rotatable bonds is 5. The van der Waals surface area contributed by atoms with Crippen molar-refractivity contribution in [2.24, 2.45) is 0 Å². The molecule has 3 aromatic rings. The first-order valence-electron chi connectivity index (χ1n) is 6.30. The van der Waals surface area contributed by atoms with Crippen LogP contribution in [0.3, 0.4) is 0 Å². The molecule has 3 rings (SSSR count). The van der Waals surface area contributed by atoms with E-state index < -0.39 is 10.0 Å². The maximum atomic E-state index is 12.5. The summed E-state index contributed by atoms with van der Waals surface area (Å²) in [5.74, 6) is 0.470. The highest BCUT2D eigenvalue weighted by atomic mass is 35.5. The molecule has 0 fully saturated rings. The van der Waals surface area contributed by atoms with Crippen LogP contribution in [0.2, 0.25) is 5.02 Å². The van der Waals surface area contributed by atoms with Crippen LogP contribution in [-0.2, 0) is 16.4 Å². The molecule has 0 spiro atoms. The molecule has 2 heterocycles. The summed E-state index contributed by atoms with van der Waals surface area (Å²) >= 11 is 12.8. The van der Waals surface area contributed by atoms with E-state index in [1.54, 1.807) is 24.4 Å². The van der Waals surface area contributed by atoms with Crippen molar-refractivity contribution >= 4 is 60.6 Å². The summed E-state index contributed by atoms with van der Waals surface area (Å²) < 4.78 is 27.5. The van der Waals surface area contributed by atoms with Gasteiger partial charge in [-0.05, 0) is 24.6 Å². The van der Waals surface area contributed by atoms with Crippen LogP contribution in [0.1, 0.15) is 4.88 Å². The molecule has 1 aromatic carbocycles. The molecule has 22 heavy (non-hydrogen) atoms. The van der Waals surface area contributed by atoms with Crippen molar-refractivity contribution in [3.63, 3.8) is 0 Å². The number of nitrogens with zero attached hydrogens (tertiary/aromatic N) is 1. The molecule has 0 saturated heterocycles. The lowest BCUT2D eigenvalue weighted by Gasteiger charge is -2.03.